The quantitative estimate of drug-likeness (QED) is 0.482. The van der Waals surface area contributed by atoms with Crippen molar-refractivity contribution in [1.82, 2.24) is 4.98 Å². The van der Waals surface area contributed by atoms with E-state index in [0.717, 1.165) is 11.1 Å². The van der Waals surface area contributed by atoms with Gasteiger partial charge >= 0.3 is 11.6 Å². The van der Waals surface area contributed by atoms with E-state index in [4.69, 9.17) is 16.3 Å². The number of benzene rings is 1. The molecule has 0 aliphatic heterocycles. The summed E-state index contributed by atoms with van der Waals surface area (Å²) in [6.07, 6.45) is 0. The molecule has 0 spiro atoms. The van der Waals surface area contributed by atoms with Crippen molar-refractivity contribution in [3.8, 4) is 11.6 Å². The molecule has 0 unspecified atom stereocenters. The average molecular weight is 279 g/mol. The fourth-order valence-corrected chi connectivity index (χ4v) is 1.87. The summed E-state index contributed by atoms with van der Waals surface area (Å²) in [6.45, 7) is 3.83. The van der Waals surface area contributed by atoms with Crippen molar-refractivity contribution in [2.75, 3.05) is 0 Å². The molecule has 98 valence electrons. The van der Waals surface area contributed by atoms with Crippen LogP contribution in [0.2, 0.25) is 5.15 Å². The molecule has 0 saturated carbocycles. The van der Waals surface area contributed by atoms with E-state index >= 15 is 0 Å². The Morgan fingerprint density at radius 3 is 2.42 bits per heavy atom. The molecular formula is C13H11ClN2O3. The van der Waals surface area contributed by atoms with Crippen molar-refractivity contribution in [1.29, 1.82) is 0 Å². The fourth-order valence-electron chi connectivity index (χ4n) is 1.73. The standard InChI is InChI=1S/C13H11ClN2O3/c1-8-5-9(2)7-10(6-8)19-13-11(16(17)18)3-4-12(14)15-13/h3-7H,1-2H3. The fraction of sp³-hybridized carbons (Fsp3) is 0.154. The van der Waals surface area contributed by atoms with Gasteiger partial charge in [-0.05, 0) is 43.2 Å². The van der Waals surface area contributed by atoms with E-state index < -0.39 is 4.92 Å². The highest BCUT2D eigenvalue weighted by Gasteiger charge is 2.18. The van der Waals surface area contributed by atoms with Gasteiger partial charge in [-0.3, -0.25) is 10.1 Å². The molecule has 1 aromatic heterocycles. The van der Waals surface area contributed by atoms with Gasteiger partial charge in [-0.2, -0.15) is 4.98 Å². The van der Waals surface area contributed by atoms with Gasteiger partial charge in [-0.25, -0.2) is 0 Å². The molecular weight excluding hydrogens is 268 g/mol. The zero-order valence-corrected chi connectivity index (χ0v) is 11.1. The van der Waals surface area contributed by atoms with Crippen molar-refractivity contribution in [2.24, 2.45) is 0 Å². The van der Waals surface area contributed by atoms with Crippen molar-refractivity contribution in [3.63, 3.8) is 0 Å². The van der Waals surface area contributed by atoms with Crippen LogP contribution in [-0.2, 0) is 0 Å². The second-order valence-electron chi connectivity index (χ2n) is 4.14. The summed E-state index contributed by atoms with van der Waals surface area (Å²) in [6, 6.07) is 8.16. The third-order valence-electron chi connectivity index (χ3n) is 2.41. The number of ether oxygens (including phenoxy) is 1. The van der Waals surface area contributed by atoms with Crippen molar-refractivity contribution in [2.45, 2.75) is 13.8 Å². The van der Waals surface area contributed by atoms with Gasteiger partial charge in [0, 0.05) is 6.07 Å². The molecule has 2 aromatic rings. The zero-order chi connectivity index (χ0) is 14.0. The smallest absolute Gasteiger partial charge is 0.331 e. The summed E-state index contributed by atoms with van der Waals surface area (Å²) in [5.74, 6) is 0.387. The molecule has 19 heavy (non-hydrogen) atoms. The van der Waals surface area contributed by atoms with E-state index in [1.54, 1.807) is 12.1 Å². The molecule has 0 fully saturated rings. The number of hydrogen-bond acceptors (Lipinski definition) is 4. The normalized spacial score (nSPS) is 10.3. The number of nitrogens with zero attached hydrogens (tertiary/aromatic N) is 2. The first-order chi connectivity index (χ1) is 8.95. The Bertz CT molecular complexity index is 624. The lowest BCUT2D eigenvalue weighted by Crippen LogP contribution is -1.96. The summed E-state index contributed by atoms with van der Waals surface area (Å²) < 4.78 is 5.48. The molecule has 0 aliphatic carbocycles. The minimum Gasteiger partial charge on any atom is -0.434 e. The second kappa shape index (κ2) is 5.24. The van der Waals surface area contributed by atoms with Crippen LogP contribution in [0.3, 0.4) is 0 Å². The molecule has 0 N–H and O–H groups in total. The highest BCUT2D eigenvalue weighted by molar-refractivity contribution is 6.29. The van der Waals surface area contributed by atoms with Gasteiger partial charge in [0.15, 0.2) is 0 Å². The van der Waals surface area contributed by atoms with Crippen LogP contribution in [0, 0.1) is 24.0 Å². The van der Waals surface area contributed by atoms with Crippen molar-refractivity contribution < 1.29 is 9.66 Å². The van der Waals surface area contributed by atoms with Crippen LogP contribution in [0.4, 0.5) is 5.69 Å². The van der Waals surface area contributed by atoms with Gasteiger partial charge < -0.3 is 4.74 Å². The highest BCUT2D eigenvalue weighted by Crippen LogP contribution is 2.31. The number of rotatable bonds is 3. The molecule has 0 saturated heterocycles. The monoisotopic (exact) mass is 278 g/mol. The van der Waals surface area contributed by atoms with Crippen LogP contribution in [-0.4, -0.2) is 9.91 Å². The Balaban J connectivity index is 2.42. The van der Waals surface area contributed by atoms with E-state index in [1.807, 2.05) is 19.9 Å². The molecule has 1 heterocycles. The molecule has 0 radical (unpaired) electrons. The van der Waals surface area contributed by atoms with Gasteiger partial charge in [0.2, 0.25) is 0 Å². The highest BCUT2D eigenvalue weighted by atomic mass is 35.5. The van der Waals surface area contributed by atoms with Crippen LogP contribution < -0.4 is 4.74 Å². The molecule has 0 aliphatic rings. The predicted octanol–water partition coefficient (Wildman–Crippen LogP) is 4.05. The maximum atomic E-state index is 10.9. The summed E-state index contributed by atoms with van der Waals surface area (Å²) in [5.41, 5.74) is 1.78. The van der Waals surface area contributed by atoms with E-state index in [0.29, 0.717) is 5.75 Å². The van der Waals surface area contributed by atoms with E-state index in [2.05, 4.69) is 4.98 Å². The van der Waals surface area contributed by atoms with E-state index in [-0.39, 0.29) is 16.7 Å². The molecule has 0 bridgehead atoms. The van der Waals surface area contributed by atoms with Crippen molar-refractivity contribution in [3.05, 3.63) is 56.7 Å². The number of pyridine rings is 1. The van der Waals surface area contributed by atoms with Crippen LogP contribution in [0.1, 0.15) is 11.1 Å². The first-order valence-corrected chi connectivity index (χ1v) is 5.90. The lowest BCUT2D eigenvalue weighted by atomic mass is 10.1. The molecule has 0 atom stereocenters. The van der Waals surface area contributed by atoms with Gasteiger partial charge in [0.1, 0.15) is 10.9 Å². The predicted molar refractivity (Wildman–Crippen MR) is 71.9 cm³/mol. The Morgan fingerprint density at radius 2 is 1.84 bits per heavy atom. The Hall–Kier alpha value is -2.14. The minimum atomic E-state index is -0.554. The molecule has 0 amide bonds. The number of aryl methyl sites for hydroxylation is 2. The van der Waals surface area contributed by atoms with Crippen LogP contribution in [0.25, 0.3) is 0 Å². The first-order valence-electron chi connectivity index (χ1n) is 5.53. The number of halogens is 1. The first kappa shape index (κ1) is 13.3. The summed E-state index contributed by atoms with van der Waals surface area (Å²) in [5, 5.41) is 11.0. The van der Waals surface area contributed by atoms with Gasteiger partial charge in [-0.15, -0.1) is 0 Å². The number of nitro groups is 1. The maximum absolute atomic E-state index is 10.9. The zero-order valence-electron chi connectivity index (χ0n) is 10.4. The third kappa shape index (κ3) is 3.20. The van der Waals surface area contributed by atoms with Crippen LogP contribution >= 0.6 is 11.6 Å². The average Bonchev–Trinajstić information content (AvgIpc) is 2.26. The molecule has 6 heteroatoms. The summed E-state index contributed by atoms with van der Waals surface area (Å²) >= 11 is 5.74. The van der Waals surface area contributed by atoms with Gasteiger partial charge in [0.05, 0.1) is 4.92 Å². The summed E-state index contributed by atoms with van der Waals surface area (Å²) in [4.78, 5) is 14.2. The lowest BCUT2D eigenvalue weighted by Gasteiger charge is -2.07. The van der Waals surface area contributed by atoms with Crippen molar-refractivity contribution >= 4 is 17.3 Å². The molecule has 5 nitrogen and oxygen atoms in total. The molecule has 1 aromatic carbocycles. The Kier molecular flexibility index (Phi) is 3.66. The van der Waals surface area contributed by atoms with Gasteiger partial charge in [-0.1, -0.05) is 17.7 Å². The Morgan fingerprint density at radius 1 is 1.21 bits per heavy atom. The second-order valence-corrected chi connectivity index (χ2v) is 4.53. The number of aromatic nitrogens is 1. The number of hydrogen-bond donors (Lipinski definition) is 0. The molecule has 2 rings (SSSR count). The van der Waals surface area contributed by atoms with E-state index in [9.17, 15) is 10.1 Å². The third-order valence-corrected chi connectivity index (χ3v) is 2.62. The Labute approximate surface area is 115 Å². The minimum absolute atomic E-state index is 0.109. The maximum Gasteiger partial charge on any atom is 0.331 e. The van der Waals surface area contributed by atoms with E-state index in [1.165, 1.54) is 12.1 Å². The van der Waals surface area contributed by atoms with Gasteiger partial charge in [0.25, 0.3) is 0 Å². The van der Waals surface area contributed by atoms with Crippen LogP contribution in [0.5, 0.6) is 11.6 Å². The SMILES string of the molecule is Cc1cc(C)cc(Oc2nc(Cl)ccc2[N+](=O)[O-])c1. The topological polar surface area (TPSA) is 65.3 Å². The summed E-state index contributed by atoms with van der Waals surface area (Å²) in [7, 11) is 0. The largest absolute Gasteiger partial charge is 0.434 e. The van der Waals surface area contributed by atoms with Crippen LogP contribution in [0.15, 0.2) is 30.3 Å². The lowest BCUT2D eigenvalue weighted by molar-refractivity contribution is -0.386.